The Kier molecular flexibility index (Phi) is 5.80. The Labute approximate surface area is 117 Å². The molecule has 0 aliphatic carbocycles. The van der Waals surface area contributed by atoms with E-state index in [9.17, 15) is 0 Å². The molecule has 1 N–H and O–H groups in total. The summed E-state index contributed by atoms with van der Waals surface area (Å²) in [5.74, 6) is 0.963. The lowest BCUT2D eigenvalue weighted by Gasteiger charge is -2.31. The Morgan fingerprint density at radius 2 is 2.00 bits per heavy atom. The number of aromatic nitrogens is 1. The van der Waals surface area contributed by atoms with E-state index in [1.807, 2.05) is 7.05 Å². The SMILES string of the molecule is CCCC1CCN(Cc2cccc(CNC)n2)CC1. The number of hydrogen-bond donors (Lipinski definition) is 1. The molecular weight excluding hydrogens is 234 g/mol. The van der Waals surface area contributed by atoms with Crippen LogP contribution in [0.5, 0.6) is 0 Å². The molecule has 1 saturated heterocycles. The summed E-state index contributed by atoms with van der Waals surface area (Å²) in [6, 6.07) is 6.36. The normalized spacial score (nSPS) is 17.8. The molecule has 106 valence electrons. The molecule has 2 rings (SSSR count). The number of pyridine rings is 1. The molecular formula is C16H27N3. The van der Waals surface area contributed by atoms with Gasteiger partial charge in [-0.3, -0.25) is 9.88 Å². The third-order valence-corrected chi connectivity index (χ3v) is 4.01. The van der Waals surface area contributed by atoms with Crippen LogP contribution in [0.2, 0.25) is 0 Å². The van der Waals surface area contributed by atoms with Crippen LogP contribution in [0.1, 0.15) is 44.0 Å². The predicted molar refractivity (Wildman–Crippen MR) is 79.9 cm³/mol. The van der Waals surface area contributed by atoms with Gasteiger partial charge in [-0.25, -0.2) is 0 Å². The maximum Gasteiger partial charge on any atom is 0.0547 e. The zero-order chi connectivity index (χ0) is 13.5. The highest BCUT2D eigenvalue weighted by atomic mass is 15.1. The molecule has 0 saturated carbocycles. The standard InChI is InChI=1S/C16H27N3/c1-3-5-14-8-10-19(11-9-14)13-16-7-4-6-15(18-16)12-17-2/h4,6-7,14,17H,3,5,8-13H2,1-2H3. The molecule has 3 nitrogen and oxygen atoms in total. The van der Waals surface area contributed by atoms with Crippen molar-refractivity contribution in [1.82, 2.24) is 15.2 Å². The highest BCUT2D eigenvalue weighted by Gasteiger charge is 2.18. The van der Waals surface area contributed by atoms with Crippen molar-refractivity contribution in [2.45, 2.75) is 45.7 Å². The van der Waals surface area contributed by atoms with Crippen molar-refractivity contribution in [3.63, 3.8) is 0 Å². The number of piperidine rings is 1. The molecule has 1 aromatic heterocycles. The Morgan fingerprint density at radius 3 is 2.68 bits per heavy atom. The Balaban J connectivity index is 1.83. The molecule has 19 heavy (non-hydrogen) atoms. The van der Waals surface area contributed by atoms with Gasteiger partial charge in [0.2, 0.25) is 0 Å². The van der Waals surface area contributed by atoms with Gasteiger partial charge in [0.25, 0.3) is 0 Å². The van der Waals surface area contributed by atoms with E-state index in [2.05, 4.69) is 35.3 Å². The van der Waals surface area contributed by atoms with Crippen molar-refractivity contribution < 1.29 is 0 Å². The third kappa shape index (κ3) is 4.59. The molecule has 1 aromatic rings. The third-order valence-electron chi connectivity index (χ3n) is 4.01. The van der Waals surface area contributed by atoms with Gasteiger partial charge in [0, 0.05) is 13.1 Å². The maximum absolute atomic E-state index is 4.71. The summed E-state index contributed by atoms with van der Waals surface area (Å²) in [5, 5.41) is 3.16. The molecule has 3 heteroatoms. The van der Waals surface area contributed by atoms with Crippen LogP contribution < -0.4 is 5.32 Å². The summed E-state index contributed by atoms with van der Waals surface area (Å²) in [7, 11) is 1.97. The molecule has 1 aliphatic heterocycles. The van der Waals surface area contributed by atoms with Crippen LogP contribution in [0.15, 0.2) is 18.2 Å². The van der Waals surface area contributed by atoms with E-state index in [-0.39, 0.29) is 0 Å². The van der Waals surface area contributed by atoms with Crippen molar-refractivity contribution in [2.75, 3.05) is 20.1 Å². The zero-order valence-corrected chi connectivity index (χ0v) is 12.4. The second-order valence-electron chi connectivity index (χ2n) is 5.66. The quantitative estimate of drug-likeness (QED) is 0.853. The summed E-state index contributed by atoms with van der Waals surface area (Å²) in [6.45, 7) is 6.64. The Morgan fingerprint density at radius 1 is 1.26 bits per heavy atom. The number of rotatable bonds is 6. The van der Waals surface area contributed by atoms with Crippen molar-refractivity contribution in [2.24, 2.45) is 5.92 Å². The highest BCUT2D eigenvalue weighted by molar-refractivity contribution is 5.11. The first kappa shape index (κ1) is 14.5. The Hall–Kier alpha value is -0.930. The van der Waals surface area contributed by atoms with Gasteiger partial charge >= 0.3 is 0 Å². The zero-order valence-electron chi connectivity index (χ0n) is 12.4. The summed E-state index contributed by atoms with van der Waals surface area (Å²) in [6.07, 6.45) is 5.47. The minimum Gasteiger partial charge on any atom is -0.314 e. The molecule has 0 radical (unpaired) electrons. The minimum atomic E-state index is 0.854. The van der Waals surface area contributed by atoms with Crippen molar-refractivity contribution in [3.8, 4) is 0 Å². The largest absolute Gasteiger partial charge is 0.314 e. The fourth-order valence-electron chi connectivity index (χ4n) is 2.97. The number of hydrogen-bond acceptors (Lipinski definition) is 3. The van der Waals surface area contributed by atoms with Gasteiger partial charge in [-0.1, -0.05) is 25.8 Å². The van der Waals surface area contributed by atoms with Crippen LogP contribution in [0.3, 0.4) is 0 Å². The maximum atomic E-state index is 4.71. The van der Waals surface area contributed by atoms with E-state index in [4.69, 9.17) is 4.98 Å². The second-order valence-corrected chi connectivity index (χ2v) is 5.66. The number of nitrogens with zero attached hydrogens (tertiary/aromatic N) is 2. The van der Waals surface area contributed by atoms with Gasteiger partial charge in [-0.05, 0) is 51.0 Å². The predicted octanol–water partition coefficient (Wildman–Crippen LogP) is 2.81. The average molecular weight is 261 g/mol. The summed E-state index contributed by atoms with van der Waals surface area (Å²) in [5.41, 5.74) is 2.35. The number of nitrogens with one attached hydrogen (secondary N) is 1. The van der Waals surface area contributed by atoms with Crippen molar-refractivity contribution in [1.29, 1.82) is 0 Å². The first-order chi connectivity index (χ1) is 9.31. The van der Waals surface area contributed by atoms with E-state index in [0.29, 0.717) is 0 Å². The van der Waals surface area contributed by atoms with E-state index in [1.54, 1.807) is 0 Å². The van der Waals surface area contributed by atoms with Crippen LogP contribution in [-0.4, -0.2) is 30.0 Å². The highest BCUT2D eigenvalue weighted by Crippen LogP contribution is 2.22. The molecule has 0 amide bonds. The second kappa shape index (κ2) is 7.61. The minimum absolute atomic E-state index is 0.854. The number of likely N-dealkylation sites (tertiary alicyclic amines) is 1. The molecule has 2 heterocycles. The van der Waals surface area contributed by atoms with E-state index in [1.165, 1.54) is 44.5 Å². The smallest absolute Gasteiger partial charge is 0.0547 e. The molecule has 1 aliphatic rings. The lowest BCUT2D eigenvalue weighted by molar-refractivity contribution is 0.170. The first-order valence-electron chi connectivity index (χ1n) is 7.63. The van der Waals surface area contributed by atoms with Gasteiger partial charge < -0.3 is 5.32 Å². The van der Waals surface area contributed by atoms with Crippen LogP contribution in [-0.2, 0) is 13.1 Å². The first-order valence-corrected chi connectivity index (χ1v) is 7.63. The van der Waals surface area contributed by atoms with Crippen LogP contribution in [0.25, 0.3) is 0 Å². The topological polar surface area (TPSA) is 28.2 Å². The van der Waals surface area contributed by atoms with E-state index in [0.717, 1.165) is 24.7 Å². The monoisotopic (exact) mass is 261 g/mol. The lowest BCUT2D eigenvalue weighted by atomic mass is 9.92. The Bertz CT molecular complexity index is 370. The van der Waals surface area contributed by atoms with Gasteiger partial charge in [0.15, 0.2) is 0 Å². The van der Waals surface area contributed by atoms with Gasteiger partial charge in [-0.15, -0.1) is 0 Å². The van der Waals surface area contributed by atoms with Gasteiger partial charge in [0.05, 0.1) is 11.4 Å². The summed E-state index contributed by atoms with van der Waals surface area (Å²) >= 11 is 0. The van der Waals surface area contributed by atoms with E-state index >= 15 is 0 Å². The van der Waals surface area contributed by atoms with Crippen LogP contribution in [0, 0.1) is 5.92 Å². The van der Waals surface area contributed by atoms with E-state index < -0.39 is 0 Å². The molecule has 0 spiro atoms. The average Bonchev–Trinajstić information content (AvgIpc) is 2.42. The van der Waals surface area contributed by atoms with Crippen LogP contribution in [0.4, 0.5) is 0 Å². The van der Waals surface area contributed by atoms with Crippen molar-refractivity contribution >= 4 is 0 Å². The molecule has 0 atom stereocenters. The summed E-state index contributed by atoms with van der Waals surface area (Å²) in [4.78, 5) is 7.26. The lowest BCUT2D eigenvalue weighted by Crippen LogP contribution is -2.33. The molecule has 0 aromatic carbocycles. The fourth-order valence-corrected chi connectivity index (χ4v) is 2.97. The van der Waals surface area contributed by atoms with Crippen LogP contribution >= 0.6 is 0 Å². The molecule has 0 bridgehead atoms. The molecule has 0 unspecified atom stereocenters. The van der Waals surface area contributed by atoms with Gasteiger partial charge in [-0.2, -0.15) is 0 Å². The summed E-state index contributed by atoms with van der Waals surface area (Å²) < 4.78 is 0. The van der Waals surface area contributed by atoms with Crippen molar-refractivity contribution in [3.05, 3.63) is 29.6 Å². The van der Waals surface area contributed by atoms with Gasteiger partial charge in [0.1, 0.15) is 0 Å². The molecule has 1 fully saturated rings. The fraction of sp³-hybridized carbons (Fsp3) is 0.688.